The zero-order valence-corrected chi connectivity index (χ0v) is 11.2. The predicted molar refractivity (Wildman–Crippen MR) is 66.1 cm³/mol. The molecule has 1 amide bonds. The lowest BCUT2D eigenvalue weighted by atomic mass is 10.3. The van der Waals surface area contributed by atoms with Crippen molar-refractivity contribution in [1.29, 1.82) is 0 Å². The van der Waals surface area contributed by atoms with Gasteiger partial charge >= 0.3 is 0 Å². The molecule has 1 atom stereocenters. The van der Waals surface area contributed by atoms with E-state index < -0.39 is 5.91 Å². The number of carbonyl (C=O) groups excluding carboxylic acids is 1. The molecule has 1 rings (SSSR count). The number of nitrogens with two attached hydrogens (primary N) is 1. The first kappa shape index (κ1) is 12.8. The smallest absolute Gasteiger partial charge is 0.270 e. The molecule has 8 heteroatoms. The largest absolute Gasteiger partial charge is 0.364 e. The third-order valence-corrected chi connectivity index (χ3v) is 2.98. The predicted octanol–water partition coefficient (Wildman–Crippen LogP) is 1.12. The maximum atomic E-state index is 10.7. The summed E-state index contributed by atoms with van der Waals surface area (Å²) in [6.45, 7) is 2.00. The zero-order valence-electron chi connectivity index (χ0n) is 8.02. The summed E-state index contributed by atoms with van der Waals surface area (Å²) in [7, 11) is 0. The Hall–Kier alpha value is -0.270. The Labute approximate surface area is 102 Å². The van der Waals surface area contributed by atoms with E-state index in [2.05, 4.69) is 32.4 Å². The topological polar surface area (TPSA) is 83.0 Å². The van der Waals surface area contributed by atoms with Crippen LogP contribution in [0.1, 0.15) is 23.3 Å². The number of aromatic nitrogens is 3. The minimum atomic E-state index is -0.546. The van der Waals surface area contributed by atoms with Gasteiger partial charge < -0.3 is 10.3 Å². The number of nitrogens with zero attached hydrogens (tertiary/aromatic N) is 3. The minimum absolute atomic E-state index is 0.208. The molecule has 1 aromatic heterocycles. The fourth-order valence-corrected chi connectivity index (χ4v) is 1.89. The van der Waals surface area contributed by atoms with Gasteiger partial charge in [-0.3, -0.25) is 9.48 Å². The molecule has 1 aromatic rings. The molecule has 1 heterocycles. The summed E-state index contributed by atoms with van der Waals surface area (Å²) in [6.07, 6.45) is 3.48. The van der Waals surface area contributed by atoms with Gasteiger partial charge in [-0.05, 0) is 34.9 Å². The summed E-state index contributed by atoms with van der Waals surface area (Å²) in [5.74, 6) is -0.546. The van der Waals surface area contributed by atoms with Crippen LogP contribution in [-0.2, 0) is 11.1 Å². The Morgan fingerprint density at radius 3 is 3.07 bits per heavy atom. The van der Waals surface area contributed by atoms with Crippen molar-refractivity contribution in [3.8, 4) is 0 Å². The lowest BCUT2D eigenvalue weighted by molar-refractivity contribution is 0.0995. The molecule has 0 bridgehead atoms. The normalized spacial score (nSPS) is 11.3. The molecule has 0 spiro atoms. The van der Waals surface area contributed by atoms with E-state index in [1.54, 1.807) is 10.9 Å². The summed E-state index contributed by atoms with van der Waals surface area (Å²) >= 11 is 2.19. The van der Waals surface area contributed by atoms with Crippen LogP contribution < -0.4 is 5.73 Å². The van der Waals surface area contributed by atoms with E-state index in [0.717, 1.165) is 26.0 Å². The summed E-state index contributed by atoms with van der Waals surface area (Å²) < 4.78 is 6.83. The summed E-state index contributed by atoms with van der Waals surface area (Å²) in [5.41, 5.74) is 5.26. The number of rotatable bonds is 7. The van der Waals surface area contributed by atoms with Crippen molar-refractivity contribution in [2.24, 2.45) is 5.73 Å². The first-order valence-corrected chi connectivity index (χ1v) is 8.43. The molecule has 0 saturated heterocycles. The highest BCUT2D eigenvalue weighted by Gasteiger charge is 2.05. The van der Waals surface area contributed by atoms with E-state index in [1.165, 1.54) is 0 Å². The van der Waals surface area contributed by atoms with Crippen molar-refractivity contribution in [2.75, 3.05) is 6.61 Å². The summed E-state index contributed by atoms with van der Waals surface area (Å²) in [4.78, 5) is 10.7. The number of primary amides is 1. The lowest BCUT2D eigenvalue weighted by Gasteiger charge is -2.00. The third-order valence-electron chi connectivity index (χ3n) is 1.73. The number of carbonyl (C=O) groups is 1. The molecule has 0 aromatic carbocycles. The van der Waals surface area contributed by atoms with Crippen LogP contribution in [0.5, 0.6) is 0 Å². The van der Waals surface area contributed by atoms with Gasteiger partial charge in [0.05, 0.1) is 19.3 Å². The fraction of sp³-hybridized carbons (Fsp3) is 0.571. The van der Waals surface area contributed by atoms with Crippen LogP contribution in [0.3, 0.4) is 0 Å². The Morgan fingerprint density at radius 1 is 1.67 bits per heavy atom. The molecular weight excluding hydrogens is 330 g/mol. The molecule has 0 radical (unpaired) electrons. The van der Waals surface area contributed by atoms with E-state index in [-0.39, 0.29) is 5.69 Å². The SMILES string of the molecule is NC(=O)c1cn(CCCCOPI)nn1. The molecular formula is C7H12IN4O2P. The molecule has 0 saturated carbocycles. The van der Waals surface area contributed by atoms with Gasteiger partial charge in [-0.2, -0.15) is 0 Å². The van der Waals surface area contributed by atoms with Crippen molar-refractivity contribution in [1.82, 2.24) is 15.0 Å². The second kappa shape index (κ2) is 7.08. The van der Waals surface area contributed by atoms with E-state index in [4.69, 9.17) is 10.3 Å². The third kappa shape index (κ3) is 4.85. The molecule has 0 aliphatic carbocycles. The number of unbranched alkanes of at least 4 members (excludes halogenated alkanes) is 1. The lowest BCUT2D eigenvalue weighted by Crippen LogP contribution is -2.11. The average Bonchev–Trinajstić information content (AvgIpc) is 2.66. The summed E-state index contributed by atoms with van der Waals surface area (Å²) in [5, 5.41) is 7.42. The highest BCUT2D eigenvalue weighted by atomic mass is 127. The van der Waals surface area contributed by atoms with Crippen LogP contribution in [0.4, 0.5) is 0 Å². The van der Waals surface area contributed by atoms with Crippen molar-refractivity contribution < 1.29 is 9.32 Å². The fourth-order valence-electron chi connectivity index (χ4n) is 1.01. The number of hydrogen-bond donors (Lipinski definition) is 1. The molecule has 2 N–H and O–H groups in total. The number of amides is 1. The van der Waals surface area contributed by atoms with Crippen molar-refractivity contribution in [2.45, 2.75) is 19.4 Å². The quantitative estimate of drug-likeness (QED) is 0.457. The van der Waals surface area contributed by atoms with E-state index in [9.17, 15) is 4.79 Å². The van der Waals surface area contributed by atoms with Crippen LogP contribution in [0.15, 0.2) is 6.20 Å². The van der Waals surface area contributed by atoms with Gasteiger partial charge in [0.25, 0.3) is 5.91 Å². The van der Waals surface area contributed by atoms with Gasteiger partial charge in [0, 0.05) is 6.54 Å². The maximum absolute atomic E-state index is 10.7. The first-order chi connectivity index (χ1) is 7.24. The van der Waals surface area contributed by atoms with Gasteiger partial charge in [0.2, 0.25) is 0 Å². The molecule has 0 aliphatic rings. The molecule has 6 nitrogen and oxygen atoms in total. The molecule has 15 heavy (non-hydrogen) atoms. The first-order valence-electron chi connectivity index (χ1n) is 4.41. The maximum Gasteiger partial charge on any atom is 0.270 e. The standard InChI is InChI=1S/C7H12IN4O2P/c8-15-14-4-2-1-3-12-5-6(7(9)13)10-11-12/h5,15H,1-4H2,(H2,9,13). The van der Waals surface area contributed by atoms with Crippen LogP contribution >= 0.6 is 28.5 Å². The van der Waals surface area contributed by atoms with Crippen molar-refractivity contribution in [3.63, 3.8) is 0 Å². The van der Waals surface area contributed by atoms with Gasteiger partial charge in [0.1, 0.15) is 0 Å². The van der Waals surface area contributed by atoms with E-state index >= 15 is 0 Å². The average molecular weight is 342 g/mol. The molecule has 84 valence electrons. The number of hydrogen-bond acceptors (Lipinski definition) is 4. The van der Waals surface area contributed by atoms with E-state index in [0.29, 0.717) is 6.45 Å². The van der Waals surface area contributed by atoms with Crippen molar-refractivity contribution in [3.05, 3.63) is 11.9 Å². The monoisotopic (exact) mass is 342 g/mol. The van der Waals surface area contributed by atoms with Crippen LogP contribution in [0.2, 0.25) is 0 Å². The van der Waals surface area contributed by atoms with Gasteiger partial charge in [-0.1, -0.05) is 5.21 Å². The summed E-state index contributed by atoms with van der Waals surface area (Å²) in [6, 6.07) is 0. The van der Waals surface area contributed by atoms with Crippen LogP contribution in [0, 0.1) is 0 Å². The highest BCUT2D eigenvalue weighted by Crippen LogP contribution is 2.21. The number of halogens is 1. The number of aryl methyl sites for hydroxylation is 1. The van der Waals surface area contributed by atoms with Crippen LogP contribution in [0.25, 0.3) is 0 Å². The second-order valence-electron chi connectivity index (χ2n) is 2.86. The molecule has 0 fully saturated rings. The van der Waals surface area contributed by atoms with Crippen molar-refractivity contribution >= 4 is 34.4 Å². The minimum Gasteiger partial charge on any atom is -0.364 e. The molecule has 0 aliphatic heterocycles. The van der Waals surface area contributed by atoms with E-state index in [1.807, 2.05) is 0 Å². The van der Waals surface area contributed by atoms with Gasteiger partial charge in [-0.15, -0.1) is 5.10 Å². The van der Waals surface area contributed by atoms with Gasteiger partial charge in [-0.25, -0.2) is 0 Å². The zero-order chi connectivity index (χ0) is 11.1. The van der Waals surface area contributed by atoms with Gasteiger partial charge in [0.15, 0.2) is 5.69 Å². The Morgan fingerprint density at radius 2 is 2.47 bits per heavy atom. The Balaban J connectivity index is 2.23. The second-order valence-corrected chi connectivity index (χ2v) is 4.63. The Kier molecular flexibility index (Phi) is 6.04. The Bertz CT molecular complexity index is 320. The molecule has 1 unspecified atom stereocenters. The highest BCUT2D eigenvalue weighted by molar-refractivity contribution is 14.2. The van der Waals surface area contributed by atoms with Crippen LogP contribution in [-0.4, -0.2) is 27.5 Å².